The number of rotatable bonds is 6. The van der Waals surface area contributed by atoms with E-state index < -0.39 is 35.7 Å². The maximum atomic E-state index is 11.9. The summed E-state index contributed by atoms with van der Waals surface area (Å²) in [5.74, 6) is -1.36. The van der Waals surface area contributed by atoms with Crippen LogP contribution >= 0.6 is 0 Å². The van der Waals surface area contributed by atoms with Crippen molar-refractivity contribution in [1.29, 1.82) is 0 Å². The average Bonchev–Trinajstić information content (AvgIpc) is 2.53. The molecule has 4 amide bonds. The molecule has 0 aromatic carbocycles. The fourth-order valence-electron chi connectivity index (χ4n) is 2.57. The van der Waals surface area contributed by atoms with E-state index in [2.05, 4.69) is 16.0 Å². The molecule has 1 saturated carbocycles. The van der Waals surface area contributed by atoms with Crippen LogP contribution in [-0.2, 0) is 19.1 Å². The van der Waals surface area contributed by atoms with Gasteiger partial charge in [0.2, 0.25) is 0 Å². The van der Waals surface area contributed by atoms with Gasteiger partial charge in [0.25, 0.3) is 5.91 Å². The summed E-state index contributed by atoms with van der Waals surface area (Å²) in [5, 5.41) is 7.35. The van der Waals surface area contributed by atoms with Crippen LogP contribution in [-0.4, -0.2) is 48.3 Å². The lowest BCUT2D eigenvalue weighted by molar-refractivity contribution is -0.154. The standard InChI is InChI=1S/C18H31N3O6/c1-12(15(23)21-16(24)20-13-8-6-5-7-9-13)26-14(22)10-11-19-17(25)27-18(2,3)4/h12-13H,5-11H2,1-4H3,(H,19,25)(H2,20,21,23,24). The van der Waals surface area contributed by atoms with E-state index in [1.165, 1.54) is 6.92 Å². The lowest BCUT2D eigenvalue weighted by atomic mass is 9.96. The van der Waals surface area contributed by atoms with Crippen LogP contribution in [0.15, 0.2) is 0 Å². The Balaban J connectivity index is 2.23. The van der Waals surface area contributed by atoms with Crippen LogP contribution in [0.1, 0.15) is 66.2 Å². The van der Waals surface area contributed by atoms with Gasteiger partial charge in [0.1, 0.15) is 5.60 Å². The quantitative estimate of drug-likeness (QED) is 0.601. The molecular formula is C18H31N3O6. The highest BCUT2D eigenvalue weighted by Gasteiger charge is 2.22. The zero-order chi connectivity index (χ0) is 20.4. The van der Waals surface area contributed by atoms with E-state index in [1.54, 1.807) is 20.8 Å². The number of alkyl carbamates (subject to hydrolysis) is 1. The topological polar surface area (TPSA) is 123 Å². The first-order valence-corrected chi connectivity index (χ1v) is 9.34. The van der Waals surface area contributed by atoms with Crippen molar-refractivity contribution in [3.05, 3.63) is 0 Å². The minimum absolute atomic E-state index is 0.0181. The molecule has 0 aliphatic heterocycles. The summed E-state index contributed by atoms with van der Waals surface area (Å²) in [6, 6.07) is -0.510. The average molecular weight is 385 g/mol. The number of nitrogens with one attached hydrogen (secondary N) is 3. The molecule has 9 nitrogen and oxygen atoms in total. The Kier molecular flexibility index (Phi) is 9.04. The van der Waals surface area contributed by atoms with E-state index >= 15 is 0 Å². The molecular weight excluding hydrogens is 354 g/mol. The molecule has 27 heavy (non-hydrogen) atoms. The van der Waals surface area contributed by atoms with Crippen molar-refractivity contribution in [3.63, 3.8) is 0 Å². The lowest BCUT2D eigenvalue weighted by Crippen LogP contribution is -2.48. The minimum Gasteiger partial charge on any atom is -0.452 e. The molecule has 3 N–H and O–H groups in total. The lowest BCUT2D eigenvalue weighted by Gasteiger charge is -2.23. The molecule has 1 atom stereocenters. The number of esters is 1. The van der Waals surface area contributed by atoms with Crippen molar-refractivity contribution >= 4 is 24.0 Å². The number of carbonyl (C=O) groups excluding carboxylic acids is 4. The molecule has 0 spiro atoms. The van der Waals surface area contributed by atoms with Gasteiger partial charge < -0.3 is 20.1 Å². The summed E-state index contributed by atoms with van der Waals surface area (Å²) in [4.78, 5) is 47.0. The smallest absolute Gasteiger partial charge is 0.407 e. The SMILES string of the molecule is CC(OC(=O)CCNC(=O)OC(C)(C)C)C(=O)NC(=O)NC1CCCCC1. The molecule has 0 heterocycles. The molecule has 154 valence electrons. The van der Waals surface area contributed by atoms with Gasteiger partial charge in [0, 0.05) is 12.6 Å². The molecule has 0 bridgehead atoms. The number of ether oxygens (including phenoxy) is 2. The summed E-state index contributed by atoms with van der Waals surface area (Å²) in [5.41, 5.74) is -0.630. The number of carbonyl (C=O) groups is 4. The van der Waals surface area contributed by atoms with Crippen molar-refractivity contribution in [2.24, 2.45) is 0 Å². The molecule has 9 heteroatoms. The monoisotopic (exact) mass is 385 g/mol. The van der Waals surface area contributed by atoms with Gasteiger partial charge in [-0.15, -0.1) is 0 Å². The molecule has 1 aliphatic rings. The number of hydrogen-bond donors (Lipinski definition) is 3. The number of urea groups is 1. The summed E-state index contributed by atoms with van der Waals surface area (Å²) < 4.78 is 10.00. The Morgan fingerprint density at radius 1 is 1.07 bits per heavy atom. The Bertz CT molecular complexity index is 538. The minimum atomic E-state index is -1.11. The predicted octanol–water partition coefficient (Wildman–Crippen LogP) is 1.99. The van der Waals surface area contributed by atoms with Gasteiger partial charge in [-0.1, -0.05) is 19.3 Å². The van der Waals surface area contributed by atoms with Crippen LogP contribution in [0, 0.1) is 0 Å². The predicted molar refractivity (Wildman–Crippen MR) is 98.0 cm³/mol. The van der Waals surface area contributed by atoms with Gasteiger partial charge in [-0.25, -0.2) is 9.59 Å². The first-order chi connectivity index (χ1) is 12.6. The third-order valence-electron chi connectivity index (χ3n) is 3.85. The summed E-state index contributed by atoms with van der Waals surface area (Å²) in [6.45, 7) is 6.58. The summed E-state index contributed by atoms with van der Waals surface area (Å²) in [6.07, 6.45) is 3.21. The van der Waals surface area contributed by atoms with E-state index in [1.807, 2.05) is 0 Å². The van der Waals surface area contributed by atoms with Gasteiger partial charge in [-0.2, -0.15) is 0 Å². The molecule has 0 aromatic rings. The van der Waals surface area contributed by atoms with E-state index in [9.17, 15) is 19.2 Å². The Morgan fingerprint density at radius 3 is 2.30 bits per heavy atom. The molecule has 0 radical (unpaired) electrons. The largest absolute Gasteiger partial charge is 0.452 e. The number of hydrogen-bond acceptors (Lipinski definition) is 6. The zero-order valence-corrected chi connectivity index (χ0v) is 16.6. The summed E-state index contributed by atoms with van der Waals surface area (Å²) in [7, 11) is 0. The van der Waals surface area contributed by atoms with Crippen LogP contribution in [0.25, 0.3) is 0 Å². The third-order valence-corrected chi connectivity index (χ3v) is 3.85. The number of imide groups is 1. The third kappa shape index (κ3) is 10.4. The van der Waals surface area contributed by atoms with E-state index in [0.29, 0.717) is 0 Å². The van der Waals surface area contributed by atoms with Crippen molar-refractivity contribution in [2.75, 3.05) is 6.54 Å². The first-order valence-electron chi connectivity index (χ1n) is 9.34. The Morgan fingerprint density at radius 2 is 1.70 bits per heavy atom. The number of amides is 4. The van der Waals surface area contributed by atoms with E-state index in [-0.39, 0.29) is 19.0 Å². The van der Waals surface area contributed by atoms with Crippen LogP contribution in [0.3, 0.4) is 0 Å². The van der Waals surface area contributed by atoms with Crippen LogP contribution < -0.4 is 16.0 Å². The Labute approximate surface area is 159 Å². The molecule has 1 rings (SSSR count). The molecule has 1 unspecified atom stereocenters. The maximum absolute atomic E-state index is 11.9. The van der Waals surface area contributed by atoms with Gasteiger partial charge in [0.05, 0.1) is 6.42 Å². The highest BCUT2D eigenvalue weighted by atomic mass is 16.6. The van der Waals surface area contributed by atoms with Crippen LogP contribution in [0.5, 0.6) is 0 Å². The normalized spacial score (nSPS) is 16.0. The molecule has 0 aromatic heterocycles. The highest BCUT2D eigenvalue weighted by Crippen LogP contribution is 2.17. The van der Waals surface area contributed by atoms with Gasteiger partial charge in [0.15, 0.2) is 6.10 Å². The van der Waals surface area contributed by atoms with E-state index in [4.69, 9.17) is 9.47 Å². The van der Waals surface area contributed by atoms with Crippen LogP contribution in [0.2, 0.25) is 0 Å². The molecule has 1 fully saturated rings. The summed E-state index contributed by atoms with van der Waals surface area (Å²) >= 11 is 0. The fraction of sp³-hybridized carbons (Fsp3) is 0.778. The first kappa shape index (κ1) is 22.7. The van der Waals surface area contributed by atoms with E-state index in [0.717, 1.165) is 32.1 Å². The van der Waals surface area contributed by atoms with Gasteiger partial charge in [-0.3, -0.25) is 14.9 Å². The maximum Gasteiger partial charge on any atom is 0.407 e. The van der Waals surface area contributed by atoms with Crippen molar-refractivity contribution in [3.8, 4) is 0 Å². The zero-order valence-electron chi connectivity index (χ0n) is 16.6. The van der Waals surface area contributed by atoms with Crippen molar-refractivity contribution in [2.45, 2.75) is 84.0 Å². The van der Waals surface area contributed by atoms with Crippen molar-refractivity contribution in [1.82, 2.24) is 16.0 Å². The molecule has 1 aliphatic carbocycles. The van der Waals surface area contributed by atoms with Crippen LogP contribution in [0.4, 0.5) is 9.59 Å². The second kappa shape index (κ2) is 10.7. The van der Waals surface area contributed by atoms with Gasteiger partial charge in [-0.05, 0) is 40.5 Å². The second-order valence-corrected chi connectivity index (χ2v) is 7.61. The highest BCUT2D eigenvalue weighted by molar-refractivity contribution is 5.97. The second-order valence-electron chi connectivity index (χ2n) is 7.61. The Hall–Kier alpha value is -2.32. The fourth-order valence-corrected chi connectivity index (χ4v) is 2.57. The van der Waals surface area contributed by atoms with Gasteiger partial charge >= 0.3 is 18.1 Å². The van der Waals surface area contributed by atoms with Crippen molar-refractivity contribution < 1.29 is 28.7 Å². The molecule has 0 saturated heterocycles.